The van der Waals surface area contributed by atoms with Crippen LogP contribution in [-0.2, 0) is 6.18 Å². The van der Waals surface area contributed by atoms with Gasteiger partial charge in [-0.3, -0.25) is 4.79 Å². The maximum atomic E-state index is 12.6. The molecule has 0 spiro atoms. The summed E-state index contributed by atoms with van der Waals surface area (Å²) in [5, 5.41) is 6.59. The lowest BCUT2D eigenvalue weighted by Crippen LogP contribution is -2.13. The van der Waals surface area contributed by atoms with Gasteiger partial charge in [0.1, 0.15) is 3.79 Å². The van der Waals surface area contributed by atoms with E-state index in [0.29, 0.717) is 24.7 Å². The Balaban J connectivity index is 1.76. The predicted octanol–water partition coefficient (Wildman–Crippen LogP) is 7.23. The van der Waals surface area contributed by atoms with Gasteiger partial charge in [-0.15, -0.1) is 0 Å². The molecule has 0 atom stereocenters. The maximum Gasteiger partial charge on any atom is 0.416 e. The van der Waals surface area contributed by atoms with Crippen LogP contribution in [0.2, 0.25) is 10.0 Å². The number of halogens is 6. The number of hydrogen-bond donors (Lipinski definition) is 2. The van der Waals surface area contributed by atoms with Crippen LogP contribution in [0.15, 0.2) is 46.3 Å². The minimum atomic E-state index is -4.44. The molecule has 1 heterocycles. The number of aromatic nitrogens is 1. The Morgan fingerprint density at radius 2 is 1.68 bits per heavy atom. The lowest BCUT2D eigenvalue weighted by molar-refractivity contribution is -0.137. The number of para-hydroxylation sites is 1. The van der Waals surface area contributed by atoms with Crippen LogP contribution in [0, 0.1) is 0 Å². The van der Waals surface area contributed by atoms with E-state index < -0.39 is 17.6 Å². The minimum absolute atomic E-state index is 0.0653. The fraction of sp³-hybridized carbons (Fsp3) is 0.0588. The molecule has 3 rings (SSSR count). The summed E-state index contributed by atoms with van der Waals surface area (Å²) in [6.07, 6.45) is -4.44. The van der Waals surface area contributed by atoms with Gasteiger partial charge >= 0.3 is 6.18 Å². The monoisotopic (exact) mass is 509 g/mol. The molecule has 3 aromatic rings. The van der Waals surface area contributed by atoms with Crippen LogP contribution in [-0.4, -0.2) is 10.9 Å². The van der Waals surface area contributed by atoms with Gasteiger partial charge in [0.05, 0.1) is 21.3 Å². The fourth-order valence-electron chi connectivity index (χ4n) is 2.15. The first-order valence-corrected chi connectivity index (χ1v) is 9.87. The van der Waals surface area contributed by atoms with Gasteiger partial charge in [0, 0.05) is 5.69 Å². The highest BCUT2D eigenvalue weighted by Crippen LogP contribution is 2.36. The Labute approximate surface area is 179 Å². The second-order valence-corrected chi connectivity index (χ2v) is 8.52. The number of benzene rings is 2. The second kappa shape index (κ2) is 8.28. The van der Waals surface area contributed by atoms with Crippen molar-refractivity contribution < 1.29 is 18.0 Å². The van der Waals surface area contributed by atoms with Crippen molar-refractivity contribution in [1.82, 2.24) is 4.98 Å². The van der Waals surface area contributed by atoms with Crippen LogP contribution in [0.1, 0.15) is 16.1 Å². The number of alkyl halides is 3. The zero-order chi connectivity index (χ0) is 20.5. The van der Waals surface area contributed by atoms with E-state index >= 15 is 0 Å². The molecule has 0 saturated carbocycles. The molecule has 0 aliphatic heterocycles. The van der Waals surface area contributed by atoms with E-state index in [1.807, 2.05) is 0 Å². The van der Waals surface area contributed by atoms with E-state index in [2.05, 4.69) is 31.5 Å². The Morgan fingerprint density at radius 1 is 1.07 bits per heavy atom. The number of thiazole rings is 1. The molecule has 0 aliphatic rings. The molecule has 0 fully saturated rings. The quantitative estimate of drug-likeness (QED) is 0.389. The smallest absolute Gasteiger partial charge is 0.329 e. The zero-order valence-electron chi connectivity index (χ0n) is 13.6. The Morgan fingerprint density at radius 3 is 2.25 bits per heavy atom. The van der Waals surface area contributed by atoms with E-state index in [0.717, 1.165) is 23.5 Å². The number of hydrogen-bond acceptors (Lipinski definition) is 4. The largest absolute Gasteiger partial charge is 0.416 e. The topological polar surface area (TPSA) is 54.0 Å². The van der Waals surface area contributed by atoms with Crippen molar-refractivity contribution in [3.8, 4) is 0 Å². The minimum Gasteiger partial charge on any atom is -0.329 e. The van der Waals surface area contributed by atoms with Crippen molar-refractivity contribution in [2.45, 2.75) is 6.18 Å². The molecule has 4 nitrogen and oxygen atoms in total. The third-order valence-electron chi connectivity index (χ3n) is 3.47. The Kier molecular flexibility index (Phi) is 6.18. The number of amides is 1. The predicted molar refractivity (Wildman–Crippen MR) is 109 cm³/mol. The summed E-state index contributed by atoms with van der Waals surface area (Å²) in [7, 11) is 0. The van der Waals surface area contributed by atoms with Crippen molar-refractivity contribution >= 4 is 72.9 Å². The van der Waals surface area contributed by atoms with Crippen molar-refractivity contribution in [1.29, 1.82) is 0 Å². The molecule has 0 bridgehead atoms. The molecule has 1 amide bonds. The van der Waals surface area contributed by atoms with Gasteiger partial charge in [-0.05, 0) is 52.3 Å². The molecule has 2 aromatic carbocycles. The summed E-state index contributed by atoms with van der Waals surface area (Å²) < 4.78 is 38.3. The SMILES string of the molecule is O=C(Nc1ccc(C(F)(F)F)cc1)c1nc(Nc2c(Cl)cccc2Cl)sc1Br. The first-order valence-electron chi connectivity index (χ1n) is 7.51. The van der Waals surface area contributed by atoms with Crippen LogP contribution >= 0.6 is 50.5 Å². The van der Waals surface area contributed by atoms with Crippen LogP contribution in [0.5, 0.6) is 0 Å². The highest BCUT2D eigenvalue weighted by molar-refractivity contribution is 9.11. The molecule has 0 radical (unpaired) electrons. The summed E-state index contributed by atoms with van der Waals surface area (Å²) in [6, 6.07) is 9.10. The molecular weight excluding hydrogens is 502 g/mol. The number of carbonyl (C=O) groups is 1. The average Bonchev–Trinajstić information content (AvgIpc) is 2.98. The average molecular weight is 511 g/mol. The van der Waals surface area contributed by atoms with Gasteiger partial charge in [-0.1, -0.05) is 40.6 Å². The number of anilines is 3. The molecule has 1 aromatic heterocycles. The number of carbonyl (C=O) groups excluding carboxylic acids is 1. The van der Waals surface area contributed by atoms with Gasteiger partial charge in [-0.2, -0.15) is 13.2 Å². The van der Waals surface area contributed by atoms with Crippen LogP contribution < -0.4 is 10.6 Å². The number of nitrogens with one attached hydrogen (secondary N) is 2. The van der Waals surface area contributed by atoms with Crippen molar-refractivity contribution in [2.75, 3.05) is 10.6 Å². The van der Waals surface area contributed by atoms with E-state index in [1.165, 1.54) is 12.1 Å². The standard InChI is InChI=1S/C17H9BrCl2F3N3OS/c18-14-13(15(27)24-9-6-4-8(5-7-9)17(21,22)23)26-16(28-14)25-12-10(19)2-1-3-11(12)20/h1-7H,(H,24,27)(H,25,26). The summed E-state index contributed by atoms with van der Waals surface area (Å²) in [4.78, 5) is 16.6. The Bertz CT molecular complexity index is 1010. The van der Waals surface area contributed by atoms with Crippen LogP contribution in [0.3, 0.4) is 0 Å². The molecule has 2 N–H and O–H groups in total. The van der Waals surface area contributed by atoms with E-state index in [4.69, 9.17) is 23.2 Å². The lowest BCUT2D eigenvalue weighted by atomic mass is 10.2. The van der Waals surface area contributed by atoms with E-state index in [9.17, 15) is 18.0 Å². The highest BCUT2D eigenvalue weighted by atomic mass is 79.9. The Hall–Kier alpha value is -1.81. The number of nitrogens with zero attached hydrogens (tertiary/aromatic N) is 1. The zero-order valence-corrected chi connectivity index (χ0v) is 17.5. The van der Waals surface area contributed by atoms with Gasteiger partial charge in [0.2, 0.25) is 0 Å². The van der Waals surface area contributed by atoms with E-state index in [-0.39, 0.29) is 11.4 Å². The first kappa shape index (κ1) is 20.9. The van der Waals surface area contributed by atoms with E-state index in [1.54, 1.807) is 18.2 Å². The highest BCUT2D eigenvalue weighted by Gasteiger charge is 2.30. The normalized spacial score (nSPS) is 11.4. The van der Waals surface area contributed by atoms with Crippen LogP contribution in [0.25, 0.3) is 0 Å². The van der Waals surface area contributed by atoms with Gasteiger partial charge < -0.3 is 10.6 Å². The fourth-order valence-corrected chi connectivity index (χ4v) is 4.07. The third-order valence-corrected chi connectivity index (χ3v) is 5.72. The number of rotatable bonds is 4. The van der Waals surface area contributed by atoms with Crippen molar-refractivity contribution in [3.05, 3.63) is 67.6 Å². The molecule has 28 heavy (non-hydrogen) atoms. The van der Waals surface area contributed by atoms with Gasteiger partial charge in [-0.25, -0.2) is 4.98 Å². The molecule has 146 valence electrons. The molecule has 0 saturated heterocycles. The first-order chi connectivity index (χ1) is 13.1. The lowest BCUT2D eigenvalue weighted by Gasteiger charge is -2.08. The van der Waals surface area contributed by atoms with Crippen LogP contribution in [0.4, 0.5) is 29.7 Å². The summed E-state index contributed by atoms with van der Waals surface area (Å²) in [6.45, 7) is 0. The van der Waals surface area contributed by atoms with Crippen molar-refractivity contribution in [3.63, 3.8) is 0 Å². The maximum absolute atomic E-state index is 12.6. The van der Waals surface area contributed by atoms with Crippen molar-refractivity contribution in [2.24, 2.45) is 0 Å². The molecule has 11 heteroatoms. The summed E-state index contributed by atoms with van der Waals surface area (Å²) in [5.41, 5.74) is -0.0812. The molecule has 0 aliphatic carbocycles. The molecule has 0 unspecified atom stereocenters. The second-order valence-electron chi connectivity index (χ2n) is 5.39. The molecular formula is C17H9BrCl2F3N3OS. The summed E-state index contributed by atoms with van der Waals surface area (Å²) >= 11 is 16.6. The third kappa shape index (κ3) is 4.78. The summed E-state index contributed by atoms with van der Waals surface area (Å²) in [5.74, 6) is -0.582. The van der Waals surface area contributed by atoms with Gasteiger partial charge in [0.25, 0.3) is 5.91 Å². The van der Waals surface area contributed by atoms with Gasteiger partial charge in [0.15, 0.2) is 10.8 Å².